The van der Waals surface area contributed by atoms with Gasteiger partial charge in [-0.3, -0.25) is 0 Å². The lowest BCUT2D eigenvalue weighted by atomic mass is 10.00. The number of nitrogens with one attached hydrogen (secondary N) is 1. The third-order valence-electron chi connectivity index (χ3n) is 3.38. The summed E-state index contributed by atoms with van der Waals surface area (Å²) in [6.45, 7) is 2.23. The van der Waals surface area contributed by atoms with Crippen LogP contribution in [0.4, 0.5) is 5.69 Å². The van der Waals surface area contributed by atoms with Crippen molar-refractivity contribution in [1.82, 2.24) is 4.98 Å². The molecule has 0 aromatic carbocycles. The standard InChI is InChI=1S/C13H17N3/c1-10(11-4-2-3-5-11)16-13-7-6-12(8-14)15-9-13/h6-7,9-11,16H,2-5H2,1H3. The van der Waals surface area contributed by atoms with E-state index in [0.717, 1.165) is 11.6 Å². The van der Waals surface area contributed by atoms with Crippen molar-refractivity contribution in [1.29, 1.82) is 5.26 Å². The monoisotopic (exact) mass is 215 g/mol. The number of hydrogen-bond acceptors (Lipinski definition) is 3. The summed E-state index contributed by atoms with van der Waals surface area (Å²) >= 11 is 0. The van der Waals surface area contributed by atoms with Gasteiger partial charge in [0.2, 0.25) is 0 Å². The van der Waals surface area contributed by atoms with Gasteiger partial charge in [-0.1, -0.05) is 12.8 Å². The third kappa shape index (κ3) is 2.52. The lowest BCUT2D eigenvalue weighted by Crippen LogP contribution is -2.23. The topological polar surface area (TPSA) is 48.7 Å². The SMILES string of the molecule is CC(Nc1ccc(C#N)nc1)C1CCCC1. The number of nitriles is 1. The van der Waals surface area contributed by atoms with Gasteiger partial charge in [0.05, 0.1) is 11.9 Å². The summed E-state index contributed by atoms with van der Waals surface area (Å²) in [4.78, 5) is 4.05. The maximum Gasteiger partial charge on any atom is 0.140 e. The van der Waals surface area contributed by atoms with Gasteiger partial charge in [0.1, 0.15) is 11.8 Å². The van der Waals surface area contributed by atoms with Crippen LogP contribution in [0.25, 0.3) is 0 Å². The first-order valence-corrected chi connectivity index (χ1v) is 5.92. The maximum absolute atomic E-state index is 8.65. The van der Waals surface area contributed by atoms with Gasteiger partial charge < -0.3 is 5.32 Å². The molecule has 1 N–H and O–H groups in total. The van der Waals surface area contributed by atoms with Crippen LogP contribution in [0, 0.1) is 17.2 Å². The fourth-order valence-electron chi connectivity index (χ4n) is 2.38. The van der Waals surface area contributed by atoms with E-state index in [0.29, 0.717) is 11.7 Å². The van der Waals surface area contributed by atoms with Gasteiger partial charge in [0, 0.05) is 6.04 Å². The Morgan fingerprint density at radius 2 is 2.19 bits per heavy atom. The predicted molar refractivity (Wildman–Crippen MR) is 64.0 cm³/mol. The Kier molecular flexibility index (Phi) is 3.40. The predicted octanol–water partition coefficient (Wildman–Crippen LogP) is 2.94. The summed E-state index contributed by atoms with van der Waals surface area (Å²) in [5.74, 6) is 0.788. The molecule has 1 fully saturated rings. The largest absolute Gasteiger partial charge is 0.381 e. The molecule has 3 heteroatoms. The minimum absolute atomic E-state index is 0.471. The minimum atomic E-state index is 0.471. The molecule has 0 radical (unpaired) electrons. The summed E-state index contributed by atoms with van der Waals surface area (Å²) in [7, 11) is 0. The van der Waals surface area contributed by atoms with Crippen LogP contribution in [0.5, 0.6) is 0 Å². The van der Waals surface area contributed by atoms with Crippen LogP contribution in [-0.4, -0.2) is 11.0 Å². The average Bonchev–Trinajstić information content (AvgIpc) is 2.83. The van der Waals surface area contributed by atoms with Gasteiger partial charge in [-0.05, 0) is 37.8 Å². The van der Waals surface area contributed by atoms with Crippen molar-refractivity contribution in [3.05, 3.63) is 24.0 Å². The number of nitrogens with zero attached hydrogens (tertiary/aromatic N) is 2. The fourth-order valence-corrected chi connectivity index (χ4v) is 2.38. The number of pyridine rings is 1. The quantitative estimate of drug-likeness (QED) is 0.843. The highest BCUT2D eigenvalue weighted by Crippen LogP contribution is 2.29. The lowest BCUT2D eigenvalue weighted by Gasteiger charge is -2.21. The molecule has 0 amide bonds. The van der Waals surface area contributed by atoms with Crippen molar-refractivity contribution in [2.45, 2.75) is 38.6 Å². The maximum atomic E-state index is 8.65. The second-order valence-corrected chi connectivity index (χ2v) is 4.52. The Bertz CT molecular complexity index is 371. The summed E-state index contributed by atoms with van der Waals surface area (Å²) in [5, 5.41) is 12.1. The molecule has 3 nitrogen and oxygen atoms in total. The van der Waals surface area contributed by atoms with Gasteiger partial charge >= 0.3 is 0 Å². The van der Waals surface area contributed by atoms with Gasteiger partial charge in [-0.2, -0.15) is 5.26 Å². The molecule has 1 aromatic rings. The average molecular weight is 215 g/mol. The summed E-state index contributed by atoms with van der Waals surface area (Å²) in [6.07, 6.45) is 7.13. The zero-order valence-corrected chi connectivity index (χ0v) is 9.61. The molecule has 1 atom stereocenters. The van der Waals surface area contributed by atoms with E-state index in [1.807, 2.05) is 12.1 Å². The first-order chi connectivity index (χ1) is 7.79. The molecule has 0 spiro atoms. The highest BCUT2D eigenvalue weighted by atomic mass is 14.9. The van der Waals surface area contributed by atoms with Crippen molar-refractivity contribution in [3.8, 4) is 6.07 Å². The number of hydrogen-bond donors (Lipinski definition) is 1. The van der Waals surface area contributed by atoms with Gasteiger partial charge in [-0.25, -0.2) is 4.98 Å². The number of rotatable bonds is 3. The molecular formula is C13H17N3. The summed E-state index contributed by atoms with van der Waals surface area (Å²) in [6, 6.07) is 6.20. The first kappa shape index (κ1) is 10.9. The van der Waals surface area contributed by atoms with Crippen molar-refractivity contribution < 1.29 is 0 Å². The van der Waals surface area contributed by atoms with Crippen LogP contribution < -0.4 is 5.32 Å². The molecule has 1 heterocycles. The second-order valence-electron chi connectivity index (χ2n) is 4.52. The van der Waals surface area contributed by atoms with Gasteiger partial charge in [0.15, 0.2) is 0 Å². The molecular weight excluding hydrogens is 198 g/mol. The Hall–Kier alpha value is -1.56. The van der Waals surface area contributed by atoms with Crippen molar-refractivity contribution in [2.24, 2.45) is 5.92 Å². The van der Waals surface area contributed by atoms with Crippen LogP contribution >= 0.6 is 0 Å². The summed E-state index contributed by atoms with van der Waals surface area (Å²) in [5.41, 5.74) is 1.48. The first-order valence-electron chi connectivity index (χ1n) is 5.92. The van der Waals surface area contributed by atoms with Crippen molar-refractivity contribution in [2.75, 3.05) is 5.32 Å². The molecule has 0 aliphatic heterocycles. The molecule has 1 aliphatic rings. The van der Waals surface area contributed by atoms with E-state index in [9.17, 15) is 0 Å². The molecule has 0 saturated heterocycles. The normalized spacial score (nSPS) is 18.0. The van der Waals surface area contributed by atoms with Crippen molar-refractivity contribution in [3.63, 3.8) is 0 Å². The molecule has 2 rings (SSSR count). The molecule has 1 aliphatic carbocycles. The van der Waals surface area contributed by atoms with Crippen LogP contribution in [0.1, 0.15) is 38.3 Å². The number of anilines is 1. The molecule has 1 unspecified atom stereocenters. The Labute approximate surface area is 96.5 Å². The van der Waals surface area contributed by atoms with E-state index in [1.54, 1.807) is 12.3 Å². The van der Waals surface area contributed by atoms with Crippen molar-refractivity contribution >= 4 is 5.69 Å². The Balaban J connectivity index is 1.95. The van der Waals surface area contributed by atoms with E-state index in [2.05, 4.69) is 17.2 Å². The zero-order chi connectivity index (χ0) is 11.4. The molecule has 1 aromatic heterocycles. The number of aromatic nitrogens is 1. The highest BCUT2D eigenvalue weighted by Gasteiger charge is 2.21. The van der Waals surface area contributed by atoms with E-state index >= 15 is 0 Å². The van der Waals surface area contributed by atoms with Crippen LogP contribution in [-0.2, 0) is 0 Å². The molecule has 1 saturated carbocycles. The zero-order valence-electron chi connectivity index (χ0n) is 9.61. The minimum Gasteiger partial charge on any atom is -0.381 e. The lowest BCUT2D eigenvalue weighted by molar-refractivity contribution is 0.482. The third-order valence-corrected chi connectivity index (χ3v) is 3.38. The Morgan fingerprint density at radius 3 is 2.75 bits per heavy atom. The smallest absolute Gasteiger partial charge is 0.140 e. The molecule has 0 bridgehead atoms. The van der Waals surface area contributed by atoms with E-state index in [4.69, 9.17) is 5.26 Å². The fraction of sp³-hybridized carbons (Fsp3) is 0.538. The second kappa shape index (κ2) is 4.98. The van der Waals surface area contributed by atoms with E-state index < -0.39 is 0 Å². The van der Waals surface area contributed by atoms with Gasteiger partial charge in [-0.15, -0.1) is 0 Å². The van der Waals surface area contributed by atoms with Crippen LogP contribution in [0.15, 0.2) is 18.3 Å². The van der Waals surface area contributed by atoms with Gasteiger partial charge in [0.25, 0.3) is 0 Å². The molecule has 16 heavy (non-hydrogen) atoms. The van der Waals surface area contributed by atoms with E-state index in [-0.39, 0.29) is 0 Å². The highest BCUT2D eigenvalue weighted by molar-refractivity contribution is 5.43. The van der Waals surface area contributed by atoms with Crippen LogP contribution in [0.2, 0.25) is 0 Å². The summed E-state index contributed by atoms with van der Waals surface area (Å²) < 4.78 is 0. The molecule has 84 valence electrons. The van der Waals surface area contributed by atoms with E-state index in [1.165, 1.54) is 25.7 Å². The van der Waals surface area contributed by atoms with Crippen LogP contribution in [0.3, 0.4) is 0 Å². The Morgan fingerprint density at radius 1 is 1.44 bits per heavy atom.